The molecule has 30 heavy (non-hydrogen) atoms. The molecule has 0 bridgehead atoms. The number of anilines is 2. The summed E-state index contributed by atoms with van der Waals surface area (Å²) in [5.41, 5.74) is 2.61. The number of rotatable bonds is 6. The van der Waals surface area contributed by atoms with E-state index >= 15 is 0 Å². The molecule has 1 aliphatic rings. The second-order valence-electron chi connectivity index (χ2n) is 8.22. The molecule has 1 aliphatic heterocycles. The molecule has 1 saturated heterocycles. The molecule has 1 fully saturated rings. The number of ether oxygens (including phenoxy) is 1. The van der Waals surface area contributed by atoms with Crippen molar-refractivity contribution in [3.8, 4) is 5.75 Å². The maximum absolute atomic E-state index is 12.4. The summed E-state index contributed by atoms with van der Waals surface area (Å²) in [6.45, 7) is 8.21. The van der Waals surface area contributed by atoms with Crippen molar-refractivity contribution < 1.29 is 9.53 Å². The Morgan fingerprint density at radius 3 is 2.47 bits per heavy atom. The Labute approximate surface area is 184 Å². The van der Waals surface area contributed by atoms with Crippen LogP contribution in [0.25, 0.3) is 0 Å². The summed E-state index contributed by atoms with van der Waals surface area (Å²) < 4.78 is 5.65. The molecule has 3 rings (SSSR count). The van der Waals surface area contributed by atoms with Gasteiger partial charge in [0.15, 0.2) is 5.11 Å². The van der Waals surface area contributed by atoms with Crippen LogP contribution >= 0.6 is 12.2 Å². The molecule has 1 atom stereocenters. The first-order valence-electron chi connectivity index (χ1n) is 10.6. The molecule has 6 heteroatoms. The van der Waals surface area contributed by atoms with Crippen LogP contribution in [0.5, 0.6) is 5.75 Å². The molecule has 1 amide bonds. The average Bonchev–Trinajstić information content (AvgIpc) is 2.73. The van der Waals surface area contributed by atoms with Crippen molar-refractivity contribution in [3.63, 3.8) is 0 Å². The Morgan fingerprint density at radius 1 is 1.13 bits per heavy atom. The van der Waals surface area contributed by atoms with Gasteiger partial charge in [0.05, 0.1) is 6.61 Å². The highest BCUT2D eigenvalue weighted by atomic mass is 32.1. The molecule has 2 N–H and O–H groups in total. The molecule has 160 valence electrons. The molecule has 2 aromatic carbocycles. The van der Waals surface area contributed by atoms with Gasteiger partial charge in [-0.2, -0.15) is 0 Å². The van der Waals surface area contributed by atoms with Crippen LogP contribution in [-0.2, 0) is 0 Å². The van der Waals surface area contributed by atoms with Crippen LogP contribution < -0.4 is 20.3 Å². The zero-order valence-corrected chi connectivity index (χ0v) is 18.8. The van der Waals surface area contributed by atoms with E-state index < -0.39 is 0 Å². The molecular weight excluding hydrogens is 394 g/mol. The zero-order valence-electron chi connectivity index (χ0n) is 18.0. The number of amides is 1. The van der Waals surface area contributed by atoms with Gasteiger partial charge in [-0.1, -0.05) is 13.8 Å². The highest BCUT2D eigenvalue weighted by Gasteiger charge is 2.18. The minimum absolute atomic E-state index is 0.248. The summed E-state index contributed by atoms with van der Waals surface area (Å²) in [6, 6.07) is 15.8. The van der Waals surface area contributed by atoms with E-state index in [0.29, 0.717) is 24.1 Å². The average molecular weight is 426 g/mol. The SMILES string of the molecule is CC(C)COc1ccc(C(=O)NC(=S)Nc2ccc(N3CCCC[C@H]3C)cc2)cc1. The van der Waals surface area contributed by atoms with E-state index in [1.807, 2.05) is 12.1 Å². The van der Waals surface area contributed by atoms with Gasteiger partial charge in [-0.05, 0) is 92.9 Å². The van der Waals surface area contributed by atoms with Crippen LogP contribution in [0.3, 0.4) is 0 Å². The highest BCUT2D eigenvalue weighted by Crippen LogP contribution is 2.25. The number of thiocarbonyl (C=S) groups is 1. The van der Waals surface area contributed by atoms with Gasteiger partial charge >= 0.3 is 0 Å². The number of carbonyl (C=O) groups is 1. The Morgan fingerprint density at radius 2 is 1.83 bits per heavy atom. The molecule has 0 radical (unpaired) electrons. The Kier molecular flexibility index (Phi) is 7.69. The molecule has 1 heterocycles. The quantitative estimate of drug-likeness (QED) is 0.621. The van der Waals surface area contributed by atoms with Gasteiger partial charge in [0.2, 0.25) is 0 Å². The van der Waals surface area contributed by atoms with Gasteiger partial charge < -0.3 is 15.0 Å². The molecule has 0 unspecified atom stereocenters. The van der Waals surface area contributed by atoms with Gasteiger partial charge in [0, 0.05) is 29.5 Å². The molecule has 0 aromatic heterocycles. The summed E-state index contributed by atoms with van der Waals surface area (Å²) in [4.78, 5) is 14.9. The van der Waals surface area contributed by atoms with Crippen LogP contribution in [0.4, 0.5) is 11.4 Å². The molecule has 0 saturated carbocycles. The zero-order chi connectivity index (χ0) is 21.5. The number of nitrogens with zero attached hydrogens (tertiary/aromatic N) is 1. The first-order valence-corrected chi connectivity index (χ1v) is 11.0. The van der Waals surface area contributed by atoms with E-state index in [4.69, 9.17) is 17.0 Å². The van der Waals surface area contributed by atoms with Crippen LogP contribution in [0.15, 0.2) is 48.5 Å². The standard InChI is InChI=1S/C24H31N3O2S/c1-17(2)16-29-22-13-7-19(8-14-22)23(28)26-24(30)25-20-9-11-21(12-10-20)27-15-5-4-6-18(27)3/h7-14,17-18H,4-6,15-16H2,1-3H3,(H2,25,26,28,30)/t18-/m1/s1. The second-order valence-corrected chi connectivity index (χ2v) is 8.63. The van der Waals surface area contributed by atoms with Crippen molar-refractivity contribution in [1.82, 2.24) is 5.32 Å². The number of hydrogen-bond donors (Lipinski definition) is 2. The van der Waals surface area contributed by atoms with Crippen molar-refractivity contribution >= 4 is 34.6 Å². The fraction of sp³-hybridized carbons (Fsp3) is 0.417. The van der Waals surface area contributed by atoms with Crippen molar-refractivity contribution in [2.45, 2.75) is 46.1 Å². The van der Waals surface area contributed by atoms with E-state index in [1.165, 1.54) is 24.9 Å². The lowest BCUT2D eigenvalue weighted by molar-refractivity contribution is 0.0977. The van der Waals surface area contributed by atoms with Crippen LogP contribution in [0.1, 0.15) is 50.4 Å². The largest absolute Gasteiger partial charge is 0.493 e. The highest BCUT2D eigenvalue weighted by molar-refractivity contribution is 7.80. The molecular formula is C24H31N3O2S. The van der Waals surface area contributed by atoms with Gasteiger partial charge in [-0.3, -0.25) is 10.1 Å². The first-order chi connectivity index (χ1) is 14.4. The van der Waals surface area contributed by atoms with Gasteiger partial charge in [-0.15, -0.1) is 0 Å². The summed E-state index contributed by atoms with van der Waals surface area (Å²) in [5, 5.41) is 6.09. The first kappa shape index (κ1) is 22.1. The fourth-order valence-electron chi connectivity index (χ4n) is 3.52. The minimum Gasteiger partial charge on any atom is -0.493 e. The van der Waals surface area contributed by atoms with E-state index in [9.17, 15) is 4.79 Å². The Bertz CT molecular complexity index is 850. The van der Waals surface area contributed by atoms with Crippen LogP contribution in [0.2, 0.25) is 0 Å². The Hall–Kier alpha value is -2.60. The lowest BCUT2D eigenvalue weighted by Crippen LogP contribution is -2.37. The normalized spacial score (nSPS) is 16.3. The van der Waals surface area contributed by atoms with Crippen LogP contribution in [0, 0.1) is 5.92 Å². The fourth-order valence-corrected chi connectivity index (χ4v) is 3.73. The summed E-state index contributed by atoms with van der Waals surface area (Å²) in [5.74, 6) is 0.958. The summed E-state index contributed by atoms with van der Waals surface area (Å²) in [6.07, 6.45) is 3.78. The van der Waals surface area contributed by atoms with E-state index in [0.717, 1.165) is 18.0 Å². The van der Waals surface area contributed by atoms with Crippen LogP contribution in [-0.4, -0.2) is 30.2 Å². The lowest BCUT2D eigenvalue weighted by Gasteiger charge is -2.35. The van der Waals surface area contributed by atoms with Crippen molar-refractivity contribution in [2.75, 3.05) is 23.4 Å². The predicted octanol–water partition coefficient (Wildman–Crippen LogP) is 5.23. The summed E-state index contributed by atoms with van der Waals surface area (Å²) in [7, 11) is 0. The number of piperidine rings is 1. The topological polar surface area (TPSA) is 53.6 Å². The number of hydrogen-bond acceptors (Lipinski definition) is 4. The third kappa shape index (κ3) is 6.20. The lowest BCUT2D eigenvalue weighted by atomic mass is 10.0. The van der Waals surface area contributed by atoms with E-state index in [-0.39, 0.29) is 11.0 Å². The number of benzene rings is 2. The number of nitrogens with one attached hydrogen (secondary N) is 2. The summed E-state index contributed by atoms with van der Waals surface area (Å²) >= 11 is 5.31. The maximum atomic E-state index is 12.4. The van der Waals surface area contributed by atoms with Crippen molar-refractivity contribution in [1.29, 1.82) is 0 Å². The van der Waals surface area contributed by atoms with E-state index in [2.05, 4.69) is 48.4 Å². The van der Waals surface area contributed by atoms with Gasteiger partial charge in [0.25, 0.3) is 5.91 Å². The molecule has 2 aromatic rings. The van der Waals surface area contributed by atoms with Gasteiger partial charge in [-0.25, -0.2) is 0 Å². The molecule has 5 nitrogen and oxygen atoms in total. The second kappa shape index (κ2) is 10.4. The third-order valence-corrected chi connectivity index (χ3v) is 5.39. The predicted molar refractivity (Wildman–Crippen MR) is 128 cm³/mol. The van der Waals surface area contributed by atoms with Crippen molar-refractivity contribution in [3.05, 3.63) is 54.1 Å². The van der Waals surface area contributed by atoms with Gasteiger partial charge in [0.1, 0.15) is 5.75 Å². The van der Waals surface area contributed by atoms with E-state index in [1.54, 1.807) is 24.3 Å². The smallest absolute Gasteiger partial charge is 0.257 e. The van der Waals surface area contributed by atoms with Crippen molar-refractivity contribution in [2.24, 2.45) is 5.92 Å². The third-order valence-electron chi connectivity index (χ3n) is 5.19. The monoisotopic (exact) mass is 425 g/mol. The maximum Gasteiger partial charge on any atom is 0.257 e. The molecule has 0 aliphatic carbocycles. The Balaban J connectivity index is 1.51. The minimum atomic E-state index is -0.248. The molecule has 0 spiro atoms. The number of carbonyl (C=O) groups excluding carboxylic acids is 1.